The number of aryl methyl sites for hydroxylation is 1. The molecule has 1 saturated heterocycles. The summed E-state index contributed by atoms with van der Waals surface area (Å²) >= 11 is 1.08. The Balaban J connectivity index is 1.65. The molecule has 24 heavy (non-hydrogen) atoms. The van der Waals surface area contributed by atoms with Crippen LogP contribution in [0.2, 0.25) is 0 Å². The number of aliphatic hydroxyl groups excluding tert-OH is 1. The van der Waals surface area contributed by atoms with E-state index in [0.717, 1.165) is 37.3 Å². The first-order valence-corrected chi connectivity index (χ1v) is 9.18. The van der Waals surface area contributed by atoms with Gasteiger partial charge >= 0.3 is 0 Å². The van der Waals surface area contributed by atoms with Crippen LogP contribution in [0.25, 0.3) is 0 Å². The fourth-order valence-electron chi connectivity index (χ4n) is 3.50. The summed E-state index contributed by atoms with van der Waals surface area (Å²) in [6, 6.07) is -0.409. The molecule has 2 heterocycles. The standard InChI is InChI=1S/C15H23N5O3S/c1-2-9-14(24-19-18-9)15(23)17-10-4-3-5-11(13(10)22)20-7-6-16-12(21)8-20/h10-11,13,22H,2-8H2,1H3,(H,16,21)(H,17,23)/t10-,11-,13-/m1/s1. The quantitative estimate of drug-likeness (QED) is 0.676. The maximum absolute atomic E-state index is 12.5. The Morgan fingerprint density at radius 2 is 2.33 bits per heavy atom. The van der Waals surface area contributed by atoms with Gasteiger partial charge in [-0.3, -0.25) is 14.5 Å². The van der Waals surface area contributed by atoms with Crippen molar-refractivity contribution in [2.45, 2.75) is 50.8 Å². The zero-order valence-corrected chi connectivity index (χ0v) is 14.5. The van der Waals surface area contributed by atoms with E-state index in [1.165, 1.54) is 0 Å². The largest absolute Gasteiger partial charge is 0.389 e. The van der Waals surface area contributed by atoms with Gasteiger partial charge in [-0.25, -0.2) is 0 Å². The summed E-state index contributed by atoms with van der Waals surface area (Å²) in [5.74, 6) is -0.231. The minimum Gasteiger partial charge on any atom is -0.389 e. The lowest BCUT2D eigenvalue weighted by molar-refractivity contribution is -0.126. The molecule has 3 atom stereocenters. The lowest BCUT2D eigenvalue weighted by atomic mass is 9.86. The molecule has 2 fully saturated rings. The molecule has 3 N–H and O–H groups in total. The Hall–Kier alpha value is -1.58. The molecule has 0 aromatic carbocycles. The van der Waals surface area contributed by atoms with Gasteiger partial charge in [-0.2, -0.15) is 0 Å². The zero-order chi connectivity index (χ0) is 17.1. The number of amides is 2. The predicted molar refractivity (Wildman–Crippen MR) is 88.8 cm³/mol. The first-order valence-electron chi connectivity index (χ1n) is 8.41. The van der Waals surface area contributed by atoms with Gasteiger partial charge in [0, 0.05) is 19.1 Å². The Morgan fingerprint density at radius 1 is 1.50 bits per heavy atom. The first-order chi connectivity index (χ1) is 11.6. The van der Waals surface area contributed by atoms with Gasteiger partial charge in [-0.05, 0) is 37.2 Å². The van der Waals surface area contributed by atoms with E-state index in [-0.39, 0.29) is 23.9 Å². The number of rotatable bonds is 4. The van der Waals surface area contributed by atoms with Crippen LogP contribution < -0.4 is 10.6 Å². The van der Waals surface area contributed by atoms with E-state index >= 15 is 0 Å². The fraction of sp³-hybridized carbons (Fsp3) is 0.733. The normalized spacial score (nSPS) is 28.4. The molecule has 0 radical (unpaired) electrons. The summed E-state index contributed by atoms with van der Waals surface area (Å²) in [6.07, 6.45) is 2.45. The fourth-order valence-corrected chi connectivity index (χ4v) is 4.15. The first kappa shape index (κ1) is 17.2. The van der Waals surface area contributed by atoms with Gasteiger partial charge in [-0.15, -0.1) is 5.10 Å². The van der Waals surface area contributed by atoms with E-state index in [1.807, 2.05) is 11.8 Å². The van der Waals surface area contributed by atoms with Gasteiger partial charge in [0.05, 0.1) is 24.4 Å². The Kier molecular flexibility index (Phi) is 5.42. The highest BCUT2D eigenvalue weighted by Crippen LogP contribution is 2.25. The summed E-state index contributed by atoms with van der Waals surface area (Å²) in [4.78, 5) is 26.6. The summed E-state index contributed by atoms with van der Waals surface area (Å²) in [5, 5.41) is 20.4. The highest BCUT2D eigenvalue weighted by atomic mass is 32.1. The zero-order valence-electron chi connectivity index (χ0n) is 13.7. The number of nitrogens with zero attached hydrogens (tertiary/aromatic N) is 3. The van der Waals surface area contributed by atoms with Crippen LogP contribution in [0.5, 0.6) is 0 Å². The van der Waals surface area contributed by atoms with Crippen molar-refractivity contribution in [1.82, 2.24) is 25.1 Å². The van der Waals surface area contributed by atoms with Crippen LogP contribution in [0.15, 0.2) is 0 Å². The highest BCUT2D eigenvalue weighted by Gasteiger charge is 2.38. The third kappa shape index (κ3) is 3.57. The lowest BCUT2D eigenvalue weighted by Gasteiger charge is -2.42. The lowest BCUT2D eigenvalue weighted by Crippen LogP contribution is -2.60. The molecular formula is C15H23N5O3S. The number of carbonyl (C=O) groups is 2. The van der Waals surface area contributed by atoms with Crippen molar-refractivity contribution in [1.29, 1.82) is 0 Å². The minimum atomic E-state index is -0.681. The Bertz CT molecular complexity index is 608. The second kappa shape index (κ2) is 7.54. The van der Waals surface area contributed by atoms with Crippen LogP contribution in [-0.4, -0.2) is 69.2 Å². The van der Waals surface area contributed by atoms with Crippen LogP contribution in [0.3, 0.4) is 0 Å². The van der Waals surface area contributed by atoms with Crippen LogP contribution in [-0.2, 0) is 11.2 Å². The molecule has 2 amide bonds. The van der Waals surface area contributed by atoms with Gasteiger partial charge in [0.1, 0.15) is 4.88 Å². The molecule has 2 aliphatic rings. The number of aromatic nitrogens is 2. The van der Waals surface area contributed by atoms with Crippen molar-refractivity contribution in [3.8, 4) is 0 Å². The van der Waals surface area contributed by atoms with E-state index in [1.54, 1.807) is 0 Å². The minimum absolute atomic E-state index is 0.0112. The average molecular weight is 353 g/mol. The number of aliphatic hydroxyl groups is 1. The summed E-state index contributed by atoms with van der Waals surface area (Å²) < 4.78 is 3.84. The number of nitrogens with one attached hydrogen (secondary N) is 2. The average Bonchev–Trinajstić information content (AvgIpc) is 3.05. The highest BCUT2D eigenvalue weighted by molar-refractivity contribution is 7.08. The summed E-state index contributed by atoms with van der Waals surface area (Å²) in [7, 11) is 0. The molecule has 0 spiro atoms. The van der Waals surface area contributed by atoms with E-state index in [9.17, 15) is 14.7 Å². The molecule has 3 rings (SSSR count). The van der Waals surface area contributed by atoms with Gasteiger partial charge in [0.2, 0.25) is 5.91 Å². The van der Waals surface area contributed by atoms with E-state index in [0.29, 0.717) is 30.1 Å². The van der Waals surface area contributed by atoms with Crippen LogP contribution in [0.4, 0.5) is 0 Å². The predicted octanol–water partition coefficient (Wildman–Crippen LogP) is -0.456. The molecule has 0 unspecified atom stereocenters. The Labute approximate surface area is 144 Å². The Morgan fingerprint density at radius 3 is 3.08 bits per heavy atom. The molecule has 132 valence electrons. The third-order valence-corrected chi connectivity index (χ3v) is 5.54. The molecule has 1 aromatic heterocycles. The maximum atomic E-state index is 12.5. The van der Waals surface area contributed by atoms with Crippen molar-refractivity contribution < 1.29 is 14.7 Å². The number of hydrogen-bond donors (Lipinski definition) is 3. The summed E-state index contributed by atoms with van der Waals surface area (Å²) in [5.41, 5.74) is 0.687. The monoisotopic (exact) mass is 353 g/mol. The van der Waals surface area contributed by atoms with Crippen molar-refractivity contribution in [2.75, 3.05) is 19.6 Å². The molecule has 8 nitrogen and oxygen atoms in total. The SMILES string of the molecule is CCc1nnsc1C(=O)N[C@@H]1CCC[C@@H](N2CCNC(=O)C2)[C@@H]1O. The molecule has 1 aliphatic heterocycles. The smallest absolute Gasteiger partial charge is 0.265 e. The van der Waals surface area contributed by atoms with Crippen molar-refractivity contribution in [3.05, 3.63) is 10.6 Å². The maximum Gasteiger partial charge on any atom is 0.265 e. The van der Waals surface area contributed by atoms with Crippen molar-refractivity contribution in [2.24, 2.45) is 0 Å². The van der Waals surface area contributed by atoms with Crippen molar-refractivity contribution in [3.63, 3.8) is 0 Å². The number of hydrogen-bond acceptors (Lipinski definition) is 7. The molecule has 1 saturated carbocycles. The third-order valence-electron chi connectivity index (χ3n) is 4.77. The molecule has 9 heteroatoms. The second-order valence-corrected chi connectivity index (χ2v) is 7.05. The van der Waals surface area contributed by atoms with Gasteiger partial charge in [-0.1, -0.05) is 11.4 Å². The second-order valence-electron chi connectivity index (χ2n) is 6.29. The molecule has 0 bridgehead atoms. The van der Waals surface area contributed by atoms with Gasteiger partial charge < -0.3 is 15.7 Å². The topological polar surface area (TPSA) is 107 Å². The number of carbonyl (C=O) groups excluding carboxylic acids is 2. The van der Waals surface area contributed by atoms with Crippen molar-refractivity contribution >= 4 is 23.3 Å². The van der Waals surface area contributed by atoms with E-state index < -0.39 is 6.10 Å². The van der Waals surface area contributed by atoms with Crippen LogP contribution >= 0.6 is 11.5 Å². The van der Waals surface area contributed by atoms with Gasteiger partial charge in [0.15, 0.2) is 0 Å². The van der Waals surface area contributed by atoms with Gasteiger partial charge in [0.25, 0.3) is 5.91 Å². The summed E-state index contributed by atoms with van der Waals surface area (Å²) in [6.45, 7) is 3.57. The van der Waals surface area contributed by atoms with Crippen LogP contribution in [0.1, 0.15) is 41.6 Å². The van der Waals surface area contributed by atoms with E-state index in [2.05, 4.69) is 20.2 Å². The molecular weight excluding hydrogens is 330 g/mol. The van der Waals surface area contributed by atoms with E-state index in [4.69, 9.17) is 0 Å². The van der Waals surface area contributed by atoms with Crippen LogP contribution in [0, 0.1) is 0 Å². The number of piperazine rings is 1. The molecule has 1 aromatic rings. The molecule has 1 aliphatic carbocycles.